The molecule has 6 nitrogen and oxygen atoms in total. The highest BCUT2D eigenvalue weighted by Gasteiger charge is 2.21. The van der Waals surface area contributed by atoms with Gasteiger partial charge in [0.05, 0.1) is 12.8 Å². The summed E-state index contributed by atoms with van der Waals surface area (Å²) in [5.41, 5.74) is 5.65. The van der Waals surface area contributed by atoms with E-state index < -0.39 is 5.91 Å². The van der Waals surface area contributed by atoms with Crippen LogP contribution in [0.1, 0.15) is 23.4 Å². The third-order valence-corrected chi connectivity index (χ3v) is 3.30. The second-order valence-electron chi connectivity index (χ2n) is 4.83. The van der Waals surface area contributed by atoms with Gasteiger partial charge in [0.2, 0.25) is 5.91 Å². The second-order valence-corrected chi connectivity index (χ2v) is 4.83. The molecule has 19 heavy (non-hydrogen) atoms. The summed E-state index contributed by atoms with van der Waals surface area (Å²) in [6.45, 7) is 2.56. The smallest absolute Gasteiger partial charge is 0.293 e. The topological polar surface area (TPSA) is 88.6 Å². The number of nitrogens with one attached hydrogen (secondary N) is 1. The molecule has 1 atom stereocenters. The Labute approximate surface area is 111 Å². The zero-order valence-corrected chi connectivity index (χ0v) is 10.8. The highest BCUT2D eigenvalue weighted by Crippen LogP contribution is 2.14. The number of hydrogen-bond acceptors (Lipinski definition) is 5. The fraction of sp³-hybridized carbons (Fsp3) is 0.538. The Morgan fingerprint density at radius 1 is 1.53 bits per heavy atom. The number of carbonyl (C=O) groups is 2. The van der Waals surface area contributed by atoms with Crippen LogP contribution in [-0.2, 0) is 4.79 Å². The molecule has 0 bridgehead atoms. The van der Waals surface area contributed by atoms with Gasteiger partial charge in [0.15, 0.2) is 5.76 Å². The van der Waals surface area contributed by atoms with Crippen LogP contribution in [0, 0.1) is 5.92 Å². The number of amides is 2. The molecular formula is C13H19N3O3. The third-order valence-electron chi connectivity index (χ3n) is 3.30. The number of piperidine rings is 1. The first kappa shape index (κ1) is 13.8. The molecule has 0 spiro atoms. The summed E-state index contributed by atoms with van der Waals surface area (Å²) in [5.74, 6) is -0.212. The van der Waals surface area contributed by atoms with Gasteiger partial charge in [-0.3, -0.25) is 19.8 Å². The van der Waals surface area contributed by atoms with E-state index in [2.05, 4.69) is 5.32 Å². The molecule has 1 saturated heterocycles. The predicted octanol–water partition coefficient (Wildman–Crippen LogP) is 0.207. The van der Waals surface area contributed by atoms with Crippen molar-refractivity contribution in [3.63, 3.8) is 0 Å². The highest BCUT2D eigenvalue weighted by molar-refractivity contribution is 6.03. The molecule has 2 rings (SSSR count). The molecule has 0 aliphatic carbocycles. The van der Waals surface area contributed by atoms with Gasteiger partial charge in [-0.25, -0.2) is 0 Å². The van der Waals surface area contributed by atoms with Gasteiger partial charge in [0.1, 0.15) is 0 Å². The Morgan fingerprint density at radius 2 is 2.37 bits per heavy atom. The lowest BCUT2D eigenvalue weighted by Gasteiger charge is -2.31. The van der Waals surface area contributed by atoms with Crippen LogP contribution in [-0.4, -0.2) is 42.9 Å². The Hall–Kier alpha value is -1.66. The maximum absolute atomic E-state index is 11.8. The SMILES string of the molecule is NCC1CCCN(CC(=O)NC(=O)c2ccco2)C1. The normalized spacial score (nSPS) is 20.2. The molecule has 104 valence electrons. The first-order valence-corrected chi connectivity index (χ1v) is 6.49. The van der Waals surface area contributed by atoms with Gasteiger partial charge in [-0.05, 0) is 44.0 Å². The summed E-state index contributed by atoms with van der Waals surface area (Å²) >= 11 is 0. The molecule has 1 aliphatic heterocycles. The molecule has 3 N–H and O–H groups in total. The van der Waals surface area contributed by atoms with Crippen LogP contribution in [0.25, 0.3) is 0 Å². The lowest BCUT2D eigenvalue weighted by atomic mass is 9.98. The van der Waals surface area contributed by atoms with E-state index in [1.807, 2.05) is 4.90 Å². The van der Waals surface area contributed by atoms with E-state index >= 15 is 0 Å². The van der Waals surface area contributed by atoms with Crippen LogP contribution in [0.5, 0.6) is 0 Å². The van der Waals surface area contributed by atoms with Crippen molar-refractivity contribution in [1.29, 1.82) is 0 Å². The number of imide groups is 1. The number of rotatable bonds is 4. The summed E-state index contributed by atoms with van der Waals surface area (Å²) in [5, 5.41) is 2.32. The van der Waals surface area contributed by atoms with Crippen LogP contribution in [0.2, 0.25) is 0 Å². The van der Waals surface area contributed by atoms with Crippen LogP contribution in [0.4, 0.5) is 0 Å². The van der Waals surface area contributed by atoms with Crippen molar-refractivity contribution < 1.29 is 14.0 Å². The molecule has 1 aromatic rings. The number of nitrogens with two attached hydrogens (primary N) is 1. The number of hydrogen-bond donors (Lipinski definition) is 2. The standard InChI is InChI=1S/C13H19N3O3/c14-7-10-3-1-5-16(8-10)9-12(17)15-13(18)11-4-2-6-19-11/h2,4,6,10H,1,3,5,7-9,14H2,(H,15,17,18). The molecule has 0 radical (unpaired) electrons. The fourth-order valence-electron chi connectivity index (χ4n) is 2.33. The molecule has 1 fully saturated rings. The van der Waals surface area contributed by atoms with Crippen molar-refractivity contribution in [2.45, 2.75) is 12.8 Å². The van der Waals surface area contributed by atoms with E-state index in [1.54, 1.807) is 6.07 Å². The Morgan fingerprint density at radius 3 is 3.05 bits per heavy atom. The van der Waals surface area contributed by atoms with E-state index in [0.29, 0.717) is 12.5 Å². The Kier molecular flexibility index (Phi) is 4.70. The minimum Gasteiger partial charge on any atom is -0.459 e. The van der Waals surface area contributed by atoms with Gasteiger partial charge in [-0.2, -0.15) is 0 Å². The van der Waals surface area contributed by atoms with Gasteiger partial charge < -0.3 is 10.2 Å². The Bertz CT molecular complexity index is 430. The molecule has 1 aromatic heterocycles. The Balaban J connectivity index is 1.79. The van der Waals surface area contributed by atoms with Crippen molar-refractivity contribution in [2.24, 2.45) is 11.7 Å². The minimum absolute atomic E-state index is 0.145. The van der Waals surface area contributed by atoms with Crippen molar-refractivity contribution in [3.8, 4) is 0 Å². The van der Waals surface area contributed by atoms with E-state index in [0.717, 1.165) is 25.9 Å². The fourth-order valence-corrected chi connectivity index (χ4v) is 2.33. The van der Waals surface area contributed by atoms with Crippen molar-refractivity contribution in [3.05, 3.63) is 24.2 Å². The summed E-state index contributed by atoms with van der Waals surface area (Å²) in [6, 6.07) is 3.13. The number of nitrogens with zero attached hydrogens (tertiary/aromatic N) is 1. The molecule has 1 aliphatic rings. The van der Waals surface area contributed by atoms with Crippen LogP contribution in [0.3, 0.4) is 0 Å². The van der Waals surface area contributed by atoms with Crippen LogP contribution < -0.4 is 11.1 Å². The average molecular weight is 265 g/mol. The monoisotopic (exact) mass is 265 g/mol. The number of likely N-dealkylation sites (tertiary alicyclic amines) is 1. The van der Waals surface area contributed by atoms with Gasteiger partial charge >= 0.3 is 0 Å². The quantitative estimate of drug-likeness (QED) is 0.812. The van der Waals surface area contributed by atoms with E-state index in [4.69, 9.17) is 10.2 Å². The average Bonchev–Trinajstić information content (AvgIpc) is 2.92. The highest BCUT2D eigenvalue weighted by atomic mass is 16.3. The van der Waals surface area contributed by atoms with Crippen LogP contribution in [0.15, 0.2) is 22.8 Å². The van der Waals surface area contributed by atoms with Crippen molar-refractivity contribution in [1.82, 2.24) is 10.2 Å². The summed E-state index contributed by atoms with van der Waals surface area (Å²) in [4.78, 5) is 25.4. The summed E-state index contributed by atoms with van der Waals surface area (Å²) in [7, 11) is 0. The van der Waals surface area contributed by atoms with Gasteiger partial charge in [-0.15, -0.1) is 0 Å². The van der Waals surface area contributed by atoms with Crippen LogP contribution >= 0.6 is 0 Å². The summed E-state index contributed by atoms with van der Waals surface area (Å²) < 4.78 is 4.93. The number of carbonyl (C=O) groups excluding carboxylic acids is 2. The molecule has 2 heterocycles. The maximum Gasteiger partial charge on any atom is 0.293 e. The third kappa shape index (κ3) is 3.90. The predicted molar refractivity (Wildman–Crippen MR) is 69.4 cm³/mol. The lowest BCUT2D eigenvalue weighted by Crippen LogP contribution is -2.45. The van der Waals surface area contributed by atoms with Gasteiger partial charge in [-0.1, -0.05) is 0 Å². The maximum atomic E-state index is 11.8. The molecule has 0 saturated carbocycles. The second kappa shape index (κ2) is 6.49. The zero-order valence-electron chi connectivity index (χ0n) is 10.8. The summed E-state index contributed by atoms with van der Waals surface area (Å²) in [6.07, 6.45) is 3.55. The molecule has 2 amide bonds. The zero-order chi connectivity index (χ0) is 13.7. The molecule has 0 aromatic carbocycles. The van der Waals surface area contributed by atoms with Gasteiger partial charge in [0, 0.05) is 6.54 Å². The van der Waals surface area contributed by atoms with E-state index in [1.165, 1.54) is 12.3 Å². The molecular weight excluding hydrogens is 246 g/mol. The molecule has 1 unspecified atom stereocenters. The largest absolute Gasteiger partial charge is 0.459 e. The number of furan rings is 1. The minimum atomic E-state index is -0.498. The van der Waals surface area contributed by atoms with E-state index in [-0.39, 0.29) is 18.2 Å². The van der Waals surface area contributed by atoms with E-state index in [9.17, 15) is 9.59 Å². The van der Waals surface area contributed by atoms with Crippen molar-refractivity contribution in [2.75, 3.05) is 26.2 Å². The van der Waals surface area contributed by atoms with Crippen molar-refractivity contribution >= 4 is 11.8 Å². The first-order valence-electron chi connectivity index (χ1n) is 6.49. The lowest BCUT2D eigenvalue weighted by molar-refractivity contribution is -0.121. The first-order chi connectivity index (χ1) is 9.19. The molecule has 6 heteroatoms. The van der Waals surface area contributed by atoms with Gasteiger partial charge in [0.25, 0.3) is 5.91 Å².